The summed E-state index contributed by atoms with van der Waals surface area (Å²) in [6, 6.07) is 7.15. The predicted octanol–water partition coefficient (Wildman–Crippen LogP) is 1.11. The van der Waals surface area contributed by atoms with Crippen LogP contribution in [0.3, 0.4) is 0 Å². The molecule has 2 aliphatic heterocycles. The number of rotatable bonds is 5. The van der Waals surface area contributed by atoms with Crippen molar-refractivity contribution in [3.8, 4) is 0 Å². The van der Waals surface area contributed by atoms with Gasteiger partial charge in [0.15, 0.2) is 0 Å². The fourth-order valence-electron chi connectivity index (χ4n) is 3.49. The molecule has 0 aliphatic carbocycles. The second-order valence-electron chi connectivity index (χ2n) is 6.59. The van der Waals surface area contributed by atoms with Crippen LogP contribution < -0.4 is 0 Å². The van der Waals surface area contributed by atoms with Crippen molar-refractivity contribution in [3.63, 3.8) is 0 Å². The number of benzene rings is 1. The molecule has 0 bridgehead atoms. The van der Waals surface area contributed by atoms with E-state index in [1.165, 1.54) is 0 Å². The Bertz CT molecular complexity index is 598. The highest BCUT2D eigenvalue weighted by molar-refractivity contribution is 5.87. The molecule has 1 N–H and O–H groups in total. The Labute approximate surface area is 142 Å². The lowest BCUT2D eigenvalue weighted by Crippen LogP contribution is -2.45. The highest BCUT2D eigenvalue weighted by Gasteiger charge is 2.26. The molecule has 2 aliphatic rings. The predicted molar refractivity (Wildman–Crippen MR) is 89.1 cm³/mol. The zero-order chi connectivity index (χ0) is 16.9. The molecule has 0 spiro atoms. The van der Waals surface area contributed by atoms with Crippen molar-refractivity contribution in [1.82, 2.24) is 9.80 Å². The molecule has 1 amide bonds. The fraction of sp³-hybridized carbons (Fsp3) is 0.556. The van der Waals surface area contributed by atoms with Crippen LogP contribution in [0.2, 0.25) is 0 Å². The third-order valence-corrected chi connectivity index (χ3v) is 4.79. The maximum absolute atomic E-state index is 12.3. The summed E-state index contributed by atoms with van der Waals surface area (Å²) in [5.74, 6) is -0.223. The zero-order valence-electron chi connectivity index (χ0n) is 13.8. The Hall–Kier alpha value is -1.92. The van der Waals surface area contributed by atoms with Crippen molar-refractivity contribution in [2.45, 2.75) is 12.8 Å². The molecule has 2 fully saturated rings. The van der Waals surface area contributed by atoms with E-state index in [-0.39, 0.29) is 5.91 Å². The molecule has 24 heavy (non-hydrogen) atoms. The first-order valence-corrected chi connectivity index (χ1v) is 8.52. The van der Waals surface area contributed by atoms with Crippen LogP contribution in [0, 0.1) is 5.92 Å². The van der Waals surface area contributed by atoms with Crippen LogP contribution in [0.5, 0.6) is 0 Å². The number of nitrogens with zero attached hydrogens (tertiary/aromatic N) is 2. The zero-order valence-corrected chi connectivity index (χ0v) is 13.8. The third-order valence-electron chi connectivity index (χ3n) is 4.79. The molecule has 1 aromatic carbocycles. The van der Waals surface area contributed by atoms with E-state index in [9.17, 15) is 9.59 Å². The van der Waals surface area contributed by atoms with E-state index in [1.807, 2.05) is 11.0 Å². The number of carbonyl (C=O) groups excluding carboxylic acids is 1. The normalized spacial score (nSPS) is 21.8. The van der Waals surface area contributed by atoms with Gasteiger partial charge in [0.1, 0.15) is 0 Å². The minimum absolute atomic E-state index is 0.187. The summed E-state index contributed by atoms with van der Waals surface area (Å²) in [6.07, 6.45) is 1.91. The van der Waals surface area contributed by atoms with E-state index >= 15 is 0 Å². The molecule has 130 valence electrons. The largest absolute Gasteiger partial charge is 0.478 e. The molecule has 1 unspecified atom stereocenters. The topological polar surface area (TPSA) is 70.1 Å². The van der Waals surface area contributed by atoms with Crippen molar-refractivity contribution in [2.75, 3.05) is 45.9 Å². The van der Waals surface area contributed by atoms with E-state index in [2.05, 4.69) is 4.90 Å². The first-order valence-electron chi connectivity index (χ1n) is 8.52. The first kappa shape index (κ1) is 16.9. The highest BCUT2D eigenvalue weighted by Crippen LogP contribution is 2.21. The average molecular weight is 332 g/mol. The molecule has 2 saturated heterocycles. The summed E-state index contributed by atoms with van der Waals surface area (Å²) in [6.45, 7) is 4.96. The van der Waals surface area contributed by atoms with Gasteiger partial charge in [0.2, 0.25) is 5.91 Å². The molecule has 1 atom stereocenters. The molecule has 3 rings (SSSR count). The van der Waals surface area contributed by atoms with E-state index in [0.717, 1.165) is 31.5 Å². The van der Waals surface area contributed by atoms with Gasteiger partial charge < -0.3 is 14.7 Å². The summed E-state index contributed by atoms with van der Waals surface area (Å²) < 4.78 is 5.28. The second-order valence-corrected chi connectivity index (χ2v) is 6.59. The summed E-state index contributed by atoms with van der Waals surface area (Å²) in [7, 11) is 0. The van der Waals surface area contributed by atoms with Crippen LogP contribution in [-0.2, 0) is 16.0 Å². The first-order chi connectivity index (χ1) is 11.6. The lowest BCUT2D eigenvalue weighted by Gasteiger charge is -2.28. The number of amides is 1. The van der Waals surface area contributed by atoms with Gasteiger partial charge in [0.25, 0.3) is 0 Å². The third kappa shape index (κ3) is 4.33. The molecular formula is C18H24N2O4. The Balaban J connectivity index is 1.49. The molecule has 1 aromatic rings. The molecule has 6 nitrogen and oxygen atoms in total. The number of morpholine rings is 1. The lowest BCUT2D eigenvalue weighted by atomic mass is 9.97. The van der Waals surface area contributed by atoms with Crippen LogP contribution in [0.4, 0.5) is 0 Å². The maximum atomic E-state index is 12.3. The minimum Gasteiger partial charge on any atom is -0.478 e. The average Bonchev–Trinajstić information content (AvgIpc) is 3.02. The number of carboxylic acids is 1. The monoisotopic (exact) mass is 332 g/mol. The van der Waals surface area contributed by atoms with Gasteiger partial charge in [-0.1, -0.05) is 12.1 Å². The van der Waals surface area contributed by atoms with E-state index < -0.39 is 5.97 Å². The van der Waals surface area contributed by atoms with Crippen LogP contribution in [0.15, 0.2) is 24.3 Å². The quantitative estimate of drug-likeness (QED) is 0.875. The van der Waals surface area contributed by atoms with Gasteiger partial charge in [0.05, 0.1) is 25.3 Å². The van der Waals surface area contributed by atoms with E-state index in [0.29, 0.717) is 44.3 Å². The summed E-state index contributed by atoms with van der Waals surface area (Å²) in [5, 5.41) is 9.08. The van der Waals surface area contributed by atoms with Crippen molar-refractivity contribution in [2.24, 2.45) is 5.92 Å². The van der Waals surface area contributed by atoms with E-state index in [1.54, 1.807) is 18.2 Å². The minimum atomic E-state index is -0.888. The molecule has 6 heteroatoms. The number of likely N-dealkylation sites (tertiary alicyclic amines) is 1. The Morgan fingerprint density at radius 2 is 2.00 bits per heavy atom. The van der Waals surface area contributed by atoms with Crippen molar-refractivity contribution in [3.05, 3.63) is 35.4 Å². The number of aromatic carboxylic acids is 1. The Morgan fingerprint density at radius 1 is 1.21 bits per heavy atom. The van der Waals surface area contributed by atoms with Gasteiger partial charge in [-0.25, -0.2) is 4.79 Å². The fourth-order valence-corrected chi connectivity index (χ4v) is 3.49. The summed E-state index contributed by atoms with van der Waals surface area (Å²) >= 11 is 0. The summed E-state index contributed by atoms with van der Waals surface area (Å²) in [4.78, 5) is 27.5. The smallest absolute Gasteiger partial charge is 0.335 e. The molecule has 0 saturated carbocycles. The summed E-state index contributed by atoms with van der Waals surface area (Å²) in [5.41, 5.74) is 1.39. The maximum Gasteiger partial charge on any atom is 0.335 e. The molecule has 0 aromatic heterocycles. The van der Waals surface area contributed by atoms with Crippen molar-refractivity contribution >= 4 is 11.9 Å². The van der Waals surface area contributed by atoms with Crippen LogP contribution in [-0.4, -0.2) is 72.7 Å². The van der Waals surface area contributed by atoms with Crippen molar-refractivity contribution in [1.29, 1.82) is 0 Å². The van der Waals surface area contributed by atoms with Gasteiger partial charge in [-0.3, -0.25) is 9.69 Å². The van der Waals surface area contributed by atoms with Crippen molar-refractivity contribution < 1.29 is 19.4 Å². The SMILES string of the molecule is O=C(O)c1cccc(CC2CCN(CC(=O)N3CCOCC3)C2)c1. The molecule has 2 heterocycles. The number of hydrogen-bond acceptors (Lipinski definition) is 4. The van der Waals surface area contributed by atoms with Crippen LogP contribution in [0.25, 0.3) is 0 Å². The number of carboxylic acid groups (broad SMARTS) is 1. The van der Waals surface area contributed by atoms with Gasteiger partial charge >= 0.3 is 5.97 Å². The standard InChI is InChI=1S/C18H24N2O4/c21-17(20-6-8-24-9-7-20)13-19-5-4-15(12-19)10-14-2-1-3-16(11-14)18(22)23/h1-3,11,15H,4-10,12-13H2,(H,22,23). The highest BCUT2D eigenvalue weighted by atomic mass is 16.5. The van der Waals surface area contributed by atoms with Gasteiger partial charge in [-0.05, 0) is 43.0 Å². The van der Waals surface area contributed by atoms with E-state index in [4.69, 9.17) is 9.84 Å². The van der Waals surface area contributed by atoms with Gasteiger partial charge in [-0.2, -0.15) is 0 Å². The van der Waals surface area contributed by atoms with Gasteiger partial charge in [0, 0.05) is 19.6 Å². The number of hydrogen-bond donors (Lipinski definition) is 1. The number of ether oxygens (including phenoxy) is 1. The van der Waals surface area contributed by atoms with Crippen LogP contribution >= 0.6 is 0 Å². The lowest BCUT2D eigenvalue weighted by molar-refractivity contribution is -0.136. The van der Waals surface area contributed by atoms with Gasteiger partial charge in [-0.15, -0.1) is 0 Å². The second kappa shape index (κ2) is 7.77. The Morgan fingerprint density at radius 3 is 2.75 bits per heavy atom. The molecular weight excluding hydrogens is 308 g/mol. The molecule has 0 radical (unpaired) electrons. The Kier molecular flexibility index (Phi) is 5.48. The number of carbonyl (C=O) groups is 2. The van der Waals surface area contributed by atoms with Crippen LogP contribution in [0.1, 0.15) is 22.3 Å².